The smallest absolute Gasteiger partial charge is 0.231 e. The first kappa shape index (κ1) is 22.2. The lowest BCUT2D eigenvalue weighted by atomic mass is 10.0. The molecule has 2 aliphatic rings. The number of carbonyl (C=O) groups excluding carboxylic acids is 1. The van der Waals surface area contributed by atoms with Crippen LogP contribution < -0.4 is 4.90 Å². The summed E-state index contributed by atoms with van der Waals surface area (Å²) in [6.45, 7) is 2.58. The fourth-order valence-corrected chi connectivity index (χ4v) is 4.95. The van der Waals surface area contributed by atoms with E-state index in [4.69, 9.17) is 4.98 Å². The summed E-state index contributed by atoms with van der Waals surface area (Å²) in [4.78, 5) is 21.5. The summed E-state index contributed by atoms with van der Waals surface area (Å²) in [5.74, 6) is 0.933. The van der Waals surface area contributed by atoms with Crippen molar-refractivity contribution < 1.29 is 9.90 Å². The number of hydrogen-bond donors (Lipinski definition) is 1. The van der Waals surface area contributed by atoms with Crippen molar-refractivity contribution in [1.82, 2.24) is 29.3 Å². The fourth-order valence-electron chi connectivity index (χ4n) is 4.95. The molecule has 4 aromatic rings. The van der Waals surface area contributed by atoms with E-state index in [2.05, 4.69) is 21.2 Å². The maximum absolute atomic E-state index is 12.7. The summed E-state index contributed by atoms with van der Waals surface area (Å²) in [5.41, 5.74) is 4.39. The monoisotopic (exact) mass is 482 g/mol. The van der Waals surface area contributed by atoms with Crippen LogP contribution in [0.2, 0.25) is 0 Å². The van der Waals surface area contributed by atoms with Gasteiger partial charge < -0.3 is 14.9 Å². The molecule has 6 rings (SSSR count). The van der Waals surface area contributed by atoms with E-state index in [1.165, 1.54) is 0 Å². The van der Waals surface area contributed by atoms with Crippen LogP contribution in [0.25, 0.3) is 27.8 Å². The number of aliphatic hydroxyl groups excluding tert-OH is 1. The van der Waals surface area contributed by atoms with Crippen LogP contribution in [0.3, 0.4) is 0 Å². The van der Waals surface area contributed by atoms with Crippen LogP contribution in [0.15, 0.2) is 49.2 Å². The zero-order chi connectivity index (χ0) is 24.9. The van der Waals surface area contributed by atoms with E-state index < -0.39 is 5.41 Å². The van der Waals surface area contributed by atoms with E-state index in [9.17, 15) is 15.2 Å². The third-order valence-electron chi connectivity index (χ3n) is 7.33. The highest BCUT2D eigenvalue weighted by Crippen LogP contribution is 2.46. The second-order valence-corrected chi connectivity index (χ2v) is 9.63. The Morgan fingerprint density at radius 1 is 1.06 bits per heavy atom. The van der Waals surface area contributed by atoms with Gasteiger partial charge in [-0.3, -0.25) is 9.48 Å². The number of carbonyl (C=O) groups is 1. The number of amides is 1. The first-order valence-electron chi connectivity index (χ1n) is 12.0. The van der Waals surface area contributed by atoms with Crippen LogP contribution >= 0.6 is 0 Å². The van der Waals surface area contributed by atoms with Crippen LogP contribution in [-0.2, 0) is 11.8 Å². The summed E-state index contributed by atoms with van der Waals surface area (Å²) in [5, 5.41) is 27.9. The van der Waals surface area contributed by atoms with Gasteiger partial charge in [-0.2, -0.15) is 15.5 Å². The van der Waals surface area contributed by atoms with Crippen LogP contribution in [0.1, 0.15) is 18.4 Å². The van der Waals surface area contributed by atoms with Gasteiger partial charge in [-0.05, 0) is 31.0 Å². The molecule has 36 heavy (non-hydrogen) atoms. The van der Waals surface area contributed by atoms with E-state index in [1.807, 2.05) is 48.7 Å². The molecule has 0 radical (unpaired) electrons. The molecule has 1 amide bonds. The quantitative estimate of drug-likeness (QED) is 0.463. The molecule has 10 heteroatoms. The summed E-state index contributed by atoms with van der Waals surface area (Å²) in [6, 6.07) is 8.29. The second-order valence-electron chi connectivity index (χ2n) is 9.63. The lowest BCUT2D eigenvalue weighted by Crippen LogP contribution is -2.51. The Hall–Kier alpha value is -4.23. The highest BCUT2D eigenvalue weighted by atomic mass is 16.3. The minimum atomic E-state index is -0.520. The van der Waals surface area contributed by atoms with E-state index in [0.717, 1.165) is 46.4 Å². The van der Waals surface area contributed by atoms with Gasteiger partial charge in [-0.25, -0.2) is 9.50 Å². The second kappa shape index (κ2) is 8.46. The third kappa shape index (κ3) is 3.69. The Balaban J connectivity index is 1.26. The van der Waals surface area contributed by atoms with Crippen molar-refractivity contribution >= 4 is 17.2 Å². The van der Waals surface area contributed by atoms with Gasteiger partial charge in [0.25, 0.3) is 0 Å². The molecule has 1 saturated carbocycles. The molecular weight excluding hydrogens is 456 g/mol. The number of aromatic nitrogens is 5. The normalized spacial score (nSPS) is 16.8. The van der Waals surface area contributed by atoms with Gasteiger partial charge in [0, 0.05) is 74.1 Å². The predicted molar refractivity (Wildman–Crippen MR) is 133 cm³/mol. The van der Waals surface area contributed by atoms with Crippen molar-refractivity contribution in [2.45, 2.75) is 12.8 Å². The first-order chi connectivity index (χ1) is 17.5. The van der Waals surface area contributed by atoms with Crippen molar-refractivity contribution in [2.75, 3.05) is 37.7 Å². The molecule has 0 spiro atoms. The number of rotatable bonds is 5. The molecule has 0 aromatic carbocycles. The Kier molecular flexibility index (Phi) is 5.23. The SMILES string of the molecule is Cn1cc(-c2cc(-c3ccc(N4CCN(C(=O)C5(CO)CC5)CC4)nc3)c3c(C#N)cnn3c2)cn1. The van der Waals surface area contributed by atoms with E-state index >= 15 is 0 Å². The third-order valence-corrected chi connectivity index (χ3v) is 7.33. The van der Waals surface area contributed by atoms with Crippen molar-refractivity contribution in [1.29, 1.82) is 5.26 Å². The Morgan fingerprint density at radius 2 is 1.86 bits per heavy atom. The Morgan fingerprint density at radius 3 is 2.47 bits per heavy atom. The van der Waals surface area contributed by atoms with Gasteiger partial charge in [-0.15, -0.1) is 0 Å². The maximum atomic E-state index is 12.7. The molecule has 0 atom stereocenters. The summed E-state index contributed by atoms with van der Waals surface area (Å²) < 4.78 is 3.49. The fraction of sp³-hybridized carbons (Fsp3) is 0.346. The molecule has 1 N–H and O–H groups in total. The predicted octanol–water partition coefficient (Wildman–Crippen LogP) is 2.09. The number of fused-ring (bicyclic) bond motifs is 1. The molecule has 0 unspecified atom stereocenters. The molecule has 1 aliphatic carbocycles. The van der Waals surface area contributed by atoms with Gasteiger partial charge >= 0.3 is 0 Å². The summed E-state index contributed by atoms with van der Waals surface area (Å²) in [7, 11) is 1.87. The van der Waals surface area contributed by atoms with Crippen LogP contribution in [0.4, 0.5) is 5.82 Å². The molecule has 10 nitrogen and oxygen atoms in total. The highest BCUT2D eigenvalue weighted by molar-refractivity contribution is 5.88. The van der Waals surface area contributed by atoms with E-state index in [0.29, 0.717) is 31.7 Å². The van der Waals surface area contributed by atoms with Gasteiger partial charge in [-0.1, -0.05) is 0 Å². The lowest BCUT2D eigenvalue weighted by Gasteiger charge is -2.37. The van der Waals surface area contributed by atoms with Gasteiger partial charge in [0.2, 0.25) is 5.91 Å². The average Bonchev–Trinajstić information content (AvgIpc) is 3.42. The zero-order valence-corrected chi connectivity index (χ0v) is 20.0. The topological polar surface area (TPSA) is 116 Å². The maximum Gasteiger partial charge on any atom is 0.231 e. The number of anilines is 1. The average molecular weight is 483 g/mol. The lowest BCUT2D eigenvalue weighted by molar-refractivity contribution is -0.138. The van der Waals surface area contributed by atoms with E-state index in [-0.39, 0.29) is 12.5 Å². The molecule has 4 aromatic heterocycles. The first-order valence-corrected chi connectivity index (χ1v) is 12.0. The highest BCUT2D eigenvalue weighted by Gasteiger charge is 2.51. The van der Waals surface area contributed by atoms with E-state index in [1.54, 1.807) is 21.6 Å². The number of piperazine rings is 1. The number of pyridine rings is 2. The molecule has 5 heterocycles. The largest absolute Gasteiger partial charge is 0.395 e. The van der Waals surface area contributed by atoms with Crippen LogP contribution in [0, 0.1) is 16.7 Å². The molecule has 1 saturated heterocycles. The number of nitrogens with zero attached hydrogens (tertiary/aromatic N) is 8. The summed E-state index contributed by atoms with van der Waals surface area (Å²) in [6.07, 6.45) is 10.6. The molecular formula is C26H26N8O2. The van der Waals surface area contributed by atoms with Crippen molar-refractivity contribution in [2.24, 2.45) is 12.5 Å². The molecule has 0 bridgehead atoms. The standard InChI is InChI=1S/C26H26N8O2/c1-31-15-21(14-29-31)19-10-22(24-20(11-27)13-30-34(24)16-19)18-2-3-23(28-12-18)32-6-8-33(9-7-32)25(36)26(17-35)4-5-26/h2-3,10,12-16,35H,4-9,17H2,1H3. The number of aliphatic hydroxyl groups is 1. The number of aryl methyl sites for hydroxylation is 1. The Bertz CT molecular complexity index is 1480. The molecule has 2 fully saturated rings. The van der Waals surface area contributed by atoms with Gasteiger partial charge in [0.1, 0.15) is 11.9 Å². The van der Waals surface area contributed by atoms with Crippen molar-refractivity contribution in [3.05, 3.63) is 54.7 Å². The minimum absolute atomic E-state index is 0.0605. The zero-order valence-electron chi connectivity index (χ0n) is 20.0. The summed E-state index contributed by atoms with van der Waals surface area (Å²) >= 11 is 0. The minimum Gasteiger partial charge on any atom is -0.395 e. The van der Waals surface area contributed by atoms with Crippen molar-refractivity contribution in [3.63, 3.8) is 0 Å². The Labute approximate surface area is 208 Å². The number of hydrogen-bond acceptors (Lipinski definition) is 7. The molecule has 182 valence electrons. The van der Waals surface area contributed by atoms with Gasteiger partial charge in [0.05, 0.1) is 35.5 Å². The van der Waals surface area contributed by atoms with Crippen LogP contribution in [-0.4, -0.2) is 73.1 Å². The van der Waals surface area contributed by atoms with Gasteiger partial charge in [0.15, 0.2) is 0 Å². The number of nitriles is 1. The molecule has 1 aliphatic heterocycles. The van der Waals surface area contributed by atoms with Crippen LogP contribution in [0.5, 0.6) is 0 Å². The van der Waals surface area contributed by atoms with Crippen molar-refractivity contribution in [3.8, 4) is 28.3 Å².